The minimum absolute atomic E-state index is 1.10. The first-order valence-electron chi connectivity index (χ1n) is 19.9. The van der Waals surface area contributed by atoms with E-state index in [4.69, 9.17) is 0 Å². The Hall–Kier alpha value is -7.68. The highest BCUT2D eigenvalue weighted by Gasteiger charge is 2.23. The average molecular weight is 739 g/mol. The molecular formula is C56H38N2. The molecule has 0 aliphatic carbocycles. The van der Waals surface area contributed by atoms with E-state index >= 15 is 0 Å². The van der Waals surface area contributed by atoms with Crippen LogP contribution in [0.15, 0.2) is 231 Å². The lowest BCUT2D eigenvalue weighted by atomic mass is 9.96. The van der Waals surface area contributed by atoms with Gasteiger partial charge in [0.05, 0.1) is 22.4 Å². The summed E-state index contributed by atoms with van der Waals surface area (Å²) in [7, 11) is 0. The molecule has 0 aliphatic rings. The smallest absolute Gasteiger partial charge is 0.0562 e. The number of fused-ring (bicyclic) bond motifs is 5. The van der Waals surface area contributed by atoms with Crippen LogP contribution in [0.1, 0.15) is 0 Å². The van der Waals surface area contributed by atoms with E-state index in [9.17, 15) is 0 Å². The van der Waals surface area contributed by atoms with E-state index in [1.807, 2.05) is 0 Å². The van der Waals surface area contributed by atoms with Gasteiger partial charge in [-0.15, -0.1) is 0 Å². The monoisotopic (exact) mass is 738 g/mol. The molecule has 2 heteroatoms. The first-order chi connectivity index (χ1) is 28.8. The standard InChI is InChI=1S/C56H38N2/c1-4-15-39(16-5-1)41-27-28-43-36-44(30-29-42(43)35-41)45-31-32-47-38-49(34-33-46(47)37-45)58(52-23-12-10-21-50(52)40-17-6-2-7-18-40)55-26-14-25-54-56(55)51-22-11-13-24-53(51)57(54)48-19-8-3-9-20-48/h1-38H. The summed E-state index contributed by atoms with van der Waals surface area (Å²) in [5.74, 6) is 0. The van der Waals surface area contributed by atoms with Gasteiger partial charge in [0.2, 0.25) is 0 Å². The molecule has 0 saturated heterocycles. The molecule has 0 bridgehead atoms. The molecule has 1 aromatic heterocycles. The van der Waals surface area contributed by atoms with Crippen molar-refractivity contribution in [3.63, 3.8) is 0 Å². The Morgan fingerprint density at radius 3 is 1.50 bits per heavy atom. The fourth-order valence-corrected chi connectivity index (χ4v) is 8.77. The number of hydrogen-bond donors (Lipinski definition) is 0. The Kier molecular flexibility index (Phi) is 8.19. The van der Waals surface area contributed by atoms with Crippen LogP contribution in [-0.4, -0.2) is 4.57 Å². The fourth-order valence-electron chi connectivity index (χ4n) is 8.77. The predicted octanol–water partition coefficient (Wildman–Crippen LogP) is 15.6. The highest BCUT2D eigenvalue weighted by atomic mass is 15.2. The molecule has 272 valence electrons. The second-order valence-electron chi connectivity index (χ2n) is 15.0. The number of rotatable bonds is 7. The molecule has 0 saturated carbocycles. The van der Waals surface area contributed by atoms with Crippen molar-refractivity contribution >= 4 is 60.4 Å². The Balaban J connectivity index is 1.07. The van der Waals surface area contributed by atoms with Crippen molar-refractivity contribution in [1.29, 1.82) is 0 Å². The van der Waals surface area contributed by atoms with Gasteiger partial charge < -0.3 is 9.47 Å². The molecule has 11 aromatic rings. The van der Waals surface area contributed by atoms with Gasteiger partial charge in [0.25, 0.3) is 0 Å². The quantitative estimate of drug-likeness (QED) is 0.158. The molecule has 0 amide bonds. The summed E-state index contributed by atoms with van der Waals surface area (Å²) in [5.41, 5.74) is 14.1. The number of para-hydroxylation sites is 3. The molecule has 0 spiro atoms. The zero-order valence-corrected chi connectivity index (χ0v) is 31.8. The van der Waals surface area contributed by atoms with Gasteiger partial charge in [0.1, 0.15) is 0 Å². The molecule has 0 aliphatic heterocycles. The Bertz CT molecular complexity index is 3270. The second-order valence-corrected chi connectivity index (χ2v) is 15.0. The lowest BCUT2D eigenvalue weighted by molar-refractivity contribution is 1.18. The van der Waals surface area contributed by atoms with Gasteiger partial charge in [-0.1, -0.05) is 164 Å². The molecular weight excluding hydrogens is 701 g/mol. The van der Waals surface area contributed by atoms with Crippen LogP contribution in [-0.2, 0) is 0 Å². The number of anilines is 3. The molecule has 0 atom stereocenters. The van der Waals surface area contributed by atoms with Crippen molar-refractivity contribution in [2.24, 2.45) is 0 Å². The number of nitrogens with zero attached hydrogens (tertiary/aromatic N) is 2. The minimum atomic E-state index is 1.10. The SMILES string of the molecule is c1ccc(-c2ccc3cc(-c4ccc5cc(N(c6ccccc6-c6ccccc6)c6cccc7c6c6ccccc6n7-c6ccccc6)ccc5c4)ccc3c2)cc1. The van der Waals surface area contributed by atoms with Gasteiger partial charge in [0.15, 0.2) is 0 Å². The lowest BCUT2D eigenvalue weighted by Gasteiger charge is -2.29. The van der Waals surface area contributed by atoms with E-state index in [-0.39, 0.29) is 0 Å². The maximum absolute atomic E-state index is 2.47. The molecule has 2 nitrogen and oxygen atoms in total. The highest BCUT2D eigenvalue weighted by molar-refractivity contribution is 6.17. The topological polar surface area (TPSA) is 8.17 Å². The van der Waals surface area contributed by atoms with E-state index in [2.05, 4.69) is 240 Å². The van der Waals surface area contributed by atoms with Gasteiger partial charge in [-0.05, 0) is 116 Å². The van der Waals surface area contributed by atoms with Crippen LogP contribution in [0.3, 0.4) is 0 Å². The maximum atomic E-state index is 2.47. The summed E-state index contributed by atoms with van der Waals surface area (Å²) in [6, 6.07) is 83.7. The van der Waals surface area contributed by atoms with E-state index in [1.54, 1.807) is 0 Å². The third kappa shape index (κ3) is 5.82. The number of aromatic nitrogens is 1. The largest absolute Gasteiger partial charge is 0.309 e. The second kappa shape index (κ2) is 14.1. The van der Waals surface area contributed by atoms with Crippen molar-refractivity contribution in [2.45, 2.75) is 0 Å². The van der Waals surface area contributed by atoms with Crippen LogP contribution in [0, 0.1) is 0 Å². The third-order valence-electron chi connectivity index (χ3n) is 11.5. The van der Waals surface area contributed by atoms with Crippen LogP contribution in [0.25, 0.3) is 82.4 Å². The summed E-state index contributed by atoms with van der Waals surface area (Å²) in [6.45, 7) is 0. The van der Waals surface area contributed by atoms with Gasteiger partial charge >= 0.3 is 0 Å². The summed E-state index contributed by atoms with van der Waals surface area (Å²) in [6.07, 6.45) is 0. The van der Waals surface area contributed by atoms with Crippen molar-refractivity contribution in [3.05, 3.63) is 231 Å². The van der Waals surface area contributed by atoms with Crippen LogP contribution in [0.5, 0.6) is 0 Å². The van der Waals surface area contributed by atoms with Crippen molar-refractivity contribution < 1.29 is 0 Å². The predicted molar refractivity (Wildman–Crippen MR) is 247 cm³/mol. The molecule has 1 heterocycles. The number of hydrogen-bond acceptors (Lipinski definition) is 1. The zero-order valence-electron chi connectivity index (χ0n) is 31.8. The molecule has 0 radical (unpaired) electrons. The summed E-state index contributed by atoms with van der Waals surface area (Å²) in [5, 5.41) is 7.31. The average Bonchev–Trinajstić information content (AvgIpc) is 3.65. The van der Waals surface area contributed by atoms with Crippen LogP contribution < -0.4 is 4.90 Å². The first-order valence-corrected chi connectivity index (χ1v) is 19.9. The van der Waals surface area contributed by atoms with Gasteiger partial charge in [-0.3, -0.25) is 0 Å². The summed E-state index contributed by atoms with van der Waals surface area (Å²) >= 11 is 0. The minimum Gasteiger partial charge on any atom is -0.309 e. The van der Waals surface area contributed by atoms with E-state index in [1.165, 1.54) is 76.7 Å². The molecule has 10 aromatic carbocycles. The van der Waals surface area contributed by atoms with E-state index in [0.29, 0.717) is 0 Å². The Labute approximate surface area is 338 Å². The maximum Gasteiger partial charge on any atom is 0.0562 e. The van der Waals surface area contributed by atoms with Crippen LogP contribution in [0.4, 0.5) is 17.1 Å². The molecule has 58 heavy (non-hydrogen) atoms. The van der Waals surface area contributed by atoms with E-state index < -0.39 is 0 Å². The van der Waals surface area contributed by atoms with E-state index in [0.717, 1.165) is 22.7 Å². The summed E-state index contributed by atoms with van der Waals surface area (Å²) in [4.78, 5) is 2.47. The molecule has 0 fully saturated rings. The molecule has 11 rings (SSSR count). The van der Waals surface area contributed by atoms with Crippen molar-refractivity contribution in [1.82, 2.24) is 4.57 Å². The van der Waals surface area contributed by atoms with Crippen LogP contribution in [0.2, 0.25) is 0 Å². The zero-order chi connectivity index (χ0) is 38.4. The highest BCUT2D eigenvalue weighted by Crippen LogP contribution is 2.47. The number of benzene rings is 10. The Morgan fingerprint density at radius 1 is 0.310 bits per heavy atom. The van der Waals surface area contributed by atoms with Gasteiger partial charge in [0, 0.05) is 27.7 Å². The lowest BCUT2D eigenvalue weighted by Crippen LogP contribution is -2.11. The normalized spacial score (nSPS) is 11.4. The van der Waals surface area contributed by atoms with Gasteiger partial charge in [-0.2, -0.15) is 0 Å². The Morgan fingerprint density at radius 2 is 0.810 bits per heavy atom. The first kappa shape index (κ1) is 33.6. The van der Waals surface area contributed by atoms with Crippen LogP contribution >= 0.6 is 0 Å². The fraction of sp³-hybridized carbons (Fsp3) is 0. The van der Waals surface area contributed by atoms with Crippen molar-refractivity contribution in [2.75, 3.05) is 4.90 Å². The van der Waals surface area contributed by atoms with Crippen molar-refractivity contribution in [3.8, 4) is 39.1 Å². The van der Waals surface area contributed by atoms with Gasteiger partial charge in [-0.25, -0.2) is 0 Å². The third-order valence-corrected chi connectivity index (χ3v) is 11.5. The molecule has 0 N–H and O–H groups in total. The summed E-state index contributed by atoms with van der Waals surface area (Å²) < 4.78 is 2.40. The molecule has 0 unspecified atom stereocenters.